The maximum atomic E-state index is 6.32. The molecule has 0 bridgehead atoms. The van der Waals surface area contributed by atoms with Crippen molar-refractivity contribution in [3.05, 3.63) is 448 Å². The molecule has 0 unspecified atom stereocenters. The van der Waals surface area contributed by atoms with Crippen LogP contribution in [0.15, 0.2) is 476 Å². The van der Waals surface area contributed by atoms with E-state index in [4.69, 9.17) is 9.97 Å². The molecule has 3 heterocycles. The Morgan fingerprint density at radius 1 is 0.183 bits per heavy atom. The predicted octanol–water partition coefficient (Wildman–Crippen LogP) is 31.6. The molecule has 6 heteroatoms. The minimum absolute atomic E-state index is 0.129. The van der Waals surface area contributed by atoms with E-state index in [9.17, 15) is 0 Å². The topological polar surface area (TPSA) is 35.6 Å². The molecule has 120 heavy (non-hydrogen) atoms. The third-order valence-electron chi connectivity index (χ3n) is 23.8. The van der Waals surface area contributed by atoms with Crippen molar-refractivity contribution in [2.75, 3.05) is 0 Å². The van der Waals surface area contributed by atoms with Gasteiger partial charge in [-0.1, -0.05) is 345 Å². The molecule has 0 saturated heterocycles. The summed E-state index contributed by atoms with van der Waals surface area (Å²) in [4.78, 5) is 21.8. The van der Waals surface area contributed by atoms with Gasteiger partial charge in [-0.3, -0.25) is 9.13 Å². The van der Waals surface area contributed by atoms with Gasteiger partial charge in [0, 0.05) is 72.3 Å². The third kappa shape index (κ3) is 13.5. The number of aromatic nitrogens is 4. The molecule has 0 N–H and O–H groups in total. The molecule has 0 aliphatic heterocycles. The fraction of sp³-hybridized carbons (Fsp3) is 0.0702. The van der Waals surface area contributed by atoms with E-state index in [0.29, 0.717) is 5.82 Å². The lowest BCUT2D eigenvalue weighted by Gasteiger charge is -2.46. The Labute approximate surface area is 706 Å². The smallest absolute Gasteiger partial charge is 0.163 e. The maximum absolute atomic E-state index is 6.32. The summed E-state index contributed by atoms with van der Waals surface area (Å²) in [5.41, 5.74) is 20.9. The Morgan fingerprint density at radius 2 is 0.417 bits per heavy atom. The van der Waals surface area contributed by atoms with Gasteiger partial charge >= 0.3 is 0 Å². The molecule has 0 atom stereocenters. The summed E-state index contributed by atoms with van der Waals surface area (Å²) in [5.74, 6) is 2.06. The lowest BCUT2D eigenvalue weighted by atomic mass is 9.85. The summed E-state index contributed by atoms with van der Waals surface area (Å²) in [6.07, 6.45) is 0. The van der Waals surface area contributed by atoms with Gasteiger partial charge in [0.2, 0.25) is 0 Å². The minimum Gasteiger partial charge on any atom is -0.294 e. The van der Waals surface area contributed by atoms with E-state index in [2.05, 4.69) is 487 Å². The van der Waals surface area contributed by atoms with E-state index in [1.807, 2.05) is 0 Å². The first kappa shape index (κ1) is 74.9. The van der Waals surface area contributed by atoms with Crippen molar-refractivity contribution < 1.29 is 0 Å². The standard InChI is InChI=1S/C114H90N4S2/c1-113(2,3)92-63-65-108-104(75-92)105-76-93(114(4,5)6)64-66-109(105)118(108)111-78-110(117-106-61-27-25-59-102(106)103-60-26-28-62-107(103)117)115-112(116-111)91-73-100(119(94-53-29-47-85(67-94)79-35-13-7-14-36-79,95-54-30-48-86(68-95)80-37-15-8-16-38-80)96-55-31-49-87(69-96)81-39-17-9-18-40-81)77-101(74-91)120(97-56-32-50-88(70-97)82-41-19-10-20-42-82,98-57-33-51-89(71-98)83-43-21-11-22-44-83)99-58-34-52-90(72-99)84-45-23-12-24-46-84/h7-78H,1-6H3. The van der Waals surface area contributed by atoms with Crippen LogP contribution in [0.4, 0.5) is 0 Å². The summed E-state index contributed by atoms with van der Waals surface area (Å²) in [6, 6.07) is 165. The monoisotopic (exact) mass is 1580 g/mol. The molecule has 0 aliphatic rings. The zero-order valence-electron chi connectivity index (χ0n) is 68.2. The van der Waals surface area contributed by atoms with Gasteiger partial charge in [-0.2, -0.15) is 0 Å². The van der Waals surface area contributed by atoms with Gasteiger partial charge < -0.3 is 0 Å². The first-order valence-electron chi connectivity index (χ1n) is 41.5. The average Bonchev–Trinajstić information content (AvgIpc) is 1.03. The molecule has 20 rings (SSSR count). The van der Waals surface area contributed by atoms with Crippen molar-refractivity contribution in [1.82, 2.24) is 19.1 Å². The number of benzene rings is 17. The fourth-order valence-electron chi connectivity index (χ4n) is 17.8. The lowest BCUT2D eigenvalue weighted by molar-refractivity contribution is 0.590. The summed E-state index contributed by atoms with van der Waals surface area (Å²) in [5, 5.41) is 4.64. The molecule has 20 aromatic rings. The van der Waals surface area contributed by atoms with Gasteiger partial charge in [0.1, 0.15) is 11.6 Å². The van der Waals surface area contributed by atoms with Crippen LogP contribution in [0.5, 0.6) is 0 Å². The summed E-state index contributed by atoms with van der Waals surface area (Å²) in [6.45, 7) is 13.9. The van der Waals surface area contributed by atoms with Gasteiger partial charge in [-0.25, -0.2) is 9.97 Å². The van der Waals surface area contributed by atoms with Crippen molar-refractivity contribution in [2.45, 2.75) is 91.5 Å². The SMILES string of the molecule is CC(C)(C)c1ccc2c(c1)c1cc(C(C)(C)C)ccc1n2-c1cc(-n2c3ccccc3c3ccccc32)nc(-c2cc(S(c3cccc(-c4ccccc4)c3)(c3cccc(-c4ccccc4)c3)c3cccc(-c4ccccc4)c3)cc(S(c3cccc(-c4ccccc4)c3)(c3cccc(-c4ccccc4)c3)c3cccc(-c4ccccc4)c3)c2)n1. The van der Waals surface area contributed by atoms with Crippen LogP contribution in [0, 0.1) is 0 Å². The third-order valence-corrected chi connectivity index (χ3v) is 31.5. The molecule has 578 valence electrons. The zero-order chi connectivity index (χ0) is 81.1. The summed E-state index contributed by atoms with van der Waals surface area (Å²) < 4.78 is 4.82. The molecule has 0 saturated carbocycles. The predicted molar refractivity (Wildman–Crippen MR) is 506 cm³/mol. The van der Waals surface area contributed by atoms with Crippen molar-refractivity contribution in [3.8, 4) is 89.8 Å². The number of fused-ring (bicyclic) bond motifs is 6. The van der Waals surface area contributed by atoms with Gasteiger partial charge in [0.15, 0.2) is 5.82 Å². The molecule has 3 aromatic heterocycles. The van der Waals surface area contributed by atoms with Crippen LogP contribution in [-0.4, -0.2) is 19.1 Å². The Morgan fingerprint density at radius 3 is 0.683 bits per heavy atom. The number of hydrogen-bond donors (Lipinski definition) is 0. The van der Waals surface area contributed by atoms with Crippen LogP contribution in [0.1, 0.15) is 52.7 Å². The van der Waals surface area contributed by atoms with Crippen LogP contribution >= 0.6 is 20.1 Å². The molecular formula is C114H90N4S2. The summed E-state index contributed by atoms with van der Waals surface area (Å²) in [7, 11) is -5.65. The van der Waals surface area contributed by atoms with Crippen LogP contribution < -0.4 is 0 Å². The Balaban J connectivity index is 1.01. The second-order valence-electron chi connectivity index (χ2n) is 33.4. The first-order valence-corrected chi connectivity index (χ1v) is 44.7. The van der Waals surface area contributed by atoms with E-state index in [1.165, 1.54) is 51.3 Å². The molecule has 0 amide bonds. The molecule has 0 fully saturated rings. The largest absolute Gasteiger partial charge is 0.294 e. The highest BCUT2D eigenvalue weighted by atomic mass is 32.3. The molecule has 0 aliphatic carbocycles. The van der Waals surface area contributed by atoms with Crippen molar-refractivity contribution in [1.29, 1.82) is 0 Å². The van der Waals surface area contributed by atoms with Gasteiger partial charge in [0.05, 0.1) is 22.1 Å². The van der Waals surface area contributed by atoms with Crippen molar-refractivity contribution in [3.63, 3.8) is 0 Å². The van der Waals surface area contributed by atoms with Crippen molar-refractivity contribution in [2.24, 2.45) is 0 Å². The molecule has 17 aromatic carbocycles. The number of rotatable bonds is 17. The second-order valence-corrected chi connectivity index (χ2v) is 39.6. The highest BCUT2D eigenvalue weighted by Gasteiger charge is 2.41. The van der Waals surface area contributed by atoms with E-state index in [1.54, 1.807) is 0 Å². The fourth-order valence-corrected chi connectivity index (χ4v) is 25.9. The van der Waals surface area contributed by atoms with E-state index in [0.717, 1.165) is 127 Å². The van der Waals surface area contributed by atoms with Crippen LogP contribution in [0.2, 0.25) is 0 Å². The van der Waals surface area contributed by atoms with Crippen LogP contribution in [0.3, 0.4) is 0 Å². The van der Waals surface area contributed by atoms with Gasteiger partial charge in [-0.15, -0.1) is 20.1 Å². The summed E-state index contributed by atoms with van der Waals surface area (Å²) >= 11 is 0. The Kier molecular flexibility index (Phi) is 19.3. The first-order chi connectivity index (χ1) is 58.7. The normalized spacial score (nSPS) is 12.3. The minimum atomic E-state index is -2.82. The lowest BCUT2D eigenvalue weighted by Crippen LogP contribution is -2.11. The highest BCUT2D eigenvalue weighted by molar-refractivity contribution is 8.34. The second kappa shape index (κ2) is 30.9. The van der Waals surface area contributed by atoms with Crippen molar-refractivity contribution >= 4 is 63.7 Å². The number of para-hydroxylation sites is 2. The zero-order valence-corrected chi connectivity index (χ0v) is 69.8. The average molecular weight is 1580 g/mol. The highest BCUT2D eigenvalue weighted by Crippen LogP contribution is 2.79. The van der Waals surface area contributed by atoms with E-state index >= 15 is 0 Å². The molecule has 4 nitrogen and oxygen atoms in total. The Hall–Kier alpha value is -13.9. The number of nitrogens with zero attached hydrogens (tertiary/aromatic N) is 4. The van der Waals surface area contributed by atoms with Gasteiger partial charge in [-0.05, 0) is 216 Å². The Bertz CT molecular complexity index is 6420. The van der Waals surface area contributed by atoms with Crippen LogP contribution in [-0.2, 0) is 10.8 Å². The van der Waals surface area contributed by atoms with Crippen LogP contribution in [0.25, 0.3) is 133 Å². The molecule has 0 spiro atoms. The van der Waals surface area contributed by atoms with E-state index < -0.39 is 20.1 Å². The molecule has 0 radical (unpaired) electrons. The molecular weight excluding hydrogens is 1490 g/mol. The number of hydrogen-bond acceptors (Lipinski definition) is 2. The quantitative estimate of drug-likeness (QED) is 0.0911. The maximum Gasteiger partial charge on any atom is 0.163 e. The van der Waals surface area contributed by atoms with Gasteiger partial charge in [0.25, 0.3) is 0 Å². The van der Waals surface area contributed by atoms with E-state index in [-0.39, 0.29) is 10.8 Å².